The normalized spacial score (nSPS) is 36.6. The van der Waals surface area contributed by atoms with Crippen molar-refractivity contribution >= 4 is 0 Å². The van der Waals surface area contributed by atoms with E-state index in [4.69, 9.17) is 19.4 Å². The van der Waals surface area contributed by atoms with E-state index in [1.807, 2.05) is 0 Å². The molecule has 20 heavy (non-hydrogen) atoms. The van der Waals surface area contributed by atoms with Crippen molar-refractivity contribution in [3.63, 3.8) is 0 Å². The summed E-state index contributed by atoms with van der Waals surface area (Å²) >= 11 is 0. The quantitative estimate of drug-likeness (QED) is 0.740. The van der Waals surface area contributed by atoms with Gasteiger partial charge in [-0.05, 0) is 26.7 Å². The maximum absolute atomic E-state index is 8.56. The first-order valence-corrected chi connectivity index (χ1v) is 7.65. The van der Waals surface area contributed by atoms with E-state index in [2.05, 4.69) is 27.7 Å². The monoisotopic (exact) mass is 288 g/mol. The van der Waals surface area contributed by atoms with Crippen molar-refractivity contribution in [2.75, 3.05) is 20.3 Å². The Morgan fingerprint density at radius 2 is 1.90 bits per heavy atom. The predicted octanol–water partition coefficient (Wildman–Crippen LogP) is 1.82. The van der Waals surface area contributed by atoms with Crippen LogP contribution in [0.25, 0.3) is 0 Å². The zero-order chi connectivity index (χ0) is 15.0. The molecule has 2 saturated heterocycles. The molecule has 5 nitrogen and oxygen atoms in total. The molecule has 2 aliphatic heterocycles. The van der Waals surface area contributed by atoms with Crippen molar-refractivity contribution in [2.45, 2.75) is 76.3 Å². The van der Waals surface area contributed by atoms with Crippen LogP contribution in [0.15, 0.2) is 0 Å². The Morgan fingerprint density at radius 3 is 2.45 bits per heavy atom. The molecule has 0 radical (unpaired) electrons. The molecule has 118 valence electrons. The van der Waals surface area contributed by atoms with Gasteiger partial charge in [-0.25, -0.2) is 0 Å². The molecule has 1 spiro atoms. The fourth-order valence-electron chi connectivity index (χ4n) is 3.91. The van der Waals surface area contributed by atoms with E-state index in [-0.39, 0.29) is 17.2 Å². The Morgan fingerprint density at radius 1 is 1.25 bits per heavy atom. The molecule has 0 bridgehead atoms. The van der Waals surface area contributed by atoms with Gasteiger partial charge in [0, 0.05) is 20.0 Å². The largest absolute Gasteiger partial charge is 0.382 e. The number of piperidine rings is 1. The zero-order valence-electron chi connectivity index (χ0n) is 13.5. The molecule has 5 heteroatoms. The molecule has 0 aliphatic carbocycles. The van der Waals surface area contributed by atoms with Crippen molar-refractivity contribution in [2.24, 2.45) is 0 Å². The van der Waals surface area contributed by atoms with Crippen LogP contribution >= 0.6 is 0 Å². The summed E-state index contributed by atoms with van der Waals surface area (Å²) in [6.07, 6.45) is 3.37. The summed E-state index contributed by atoms with van der Waals surface area (Å²) in [4.78, 5) is 0. The maximum Gasteiger partial charge on any atom is 0.173 e. The molecule has 2 heterocycles. The van der Waals surface area contributed by atoms with Crippen LogP contribution in [-0.4, -0.2) is 53.6 Å². The number of hydrogen-bond donors (Lipinski definition) is 0. The van der Waals surface area contributed by atoms with Crippen LogP contribution in [0, 0.1) is 0 Å². The van der Waals surface area contributed by atoms with Crippen LogP contribution in [0.5, 0.6) is 0 Å². The van der Waals surface area contributed by atoms with Crippen molar-refractivity contribution in [1.29, 1.82) is 0 Å². The summed E-state index contributed by atoms with van der Waals surface area (Å²) in [5, 5.41) is 10.3. The Bertz CT molecular complexity index is 343. The standard InChI is InChI=1S/C15H29NO4/c1-6-14(7-2)11-15(10-13(3,4)16(14)17)19-9-12(20-15)8-18-5/h12,17H,6-11H2,1-5H3/p+1. The van der Waals surface area contributed by atoms with Gasteiger partial charge in [0.05, 0.1) is 24.3 Å². The third-order valence-corrected chi connectivity index (χ3v) is 4.96. The predicted molar refractivity (Wildman–Crippen MR) is 77.5 cm³/mol. The molecule has 2 atom stereocenters. The fourth-order valence-corrected chi connectivity index (χ4v) is 3.91. The molecule has 0 saturated carbocycles. The Kier molecular flexibility index (Phi) is 4.48. The van der Waals surface area contributed by atoms with E-state index in [0.29, 0.717) is 13.2 Å². The van der Waals surface area contributed by atoms with Gasteiger partial charge in [0.15, 0.2) is 5.79 Å². The Labute approximate surface area is 122 Å². The van der Waals surface area contributed by atoms with Gasteiger partial charge in [0.25, 0.3) is 0 Å². The summed E-state index contributed by atoms with van der Waals surface area (Å²) < 4.78 is 17.5. The lowest BCUT2D eigenvalue weighted by Gasteiger charge is -2.53. The lowest BCUT2D eigenvalue weighted by molar-refractivity contribution is -0.327. The molecule has 0 aromatic rings. The van der Waals surface area contributed by atoms with Crippen LogP contribution in [0.2, 0.25) is 0 Å². The smallest absolute Gasteiger partial charge is 0.173 e. The van der Waals surface area contributed by atoms with Gasteiger partial charge in [-0.1, -0.05) is 18.9 Å². The fraction of sp³-hybridized carbons (Fsp3) is 1.00. The van der Waals surface area contributed by atoms with E-state index in [1.54, 1.807) is 12.2 Å². The Balaban J connectivity index is 2.24. The third kappa shape index (κ3) is 2.62. The number of hydrogen-bond acceptors (Lipinski definition) is 4. The number of ether oxygens (including phenoxy) is 3. The van der Waals surface area contributed by atoms with E-state index >= 15 is 0 Å². The topological polar surface area (TPSA) is 53.8 Å². The highest BCUT2D eigenvalue weighted by Crippen LogP contribution is 2.49. The molecular weight excluding hydrogens is 258 g/mol. The lowest BCUT2D eigenvalue weighted by Crippen LogP contribution is -2.66. The van der Waals surface area contributed by atoms with Crippen molar-refractivity contribution < 1.29 is 19.4 Å². The number of rotatable bonds is 4. The SMILES string of the molecule is CCC1(CC)CC2(CC(C)(C)N1[OH2+])OCC(COC)O2. The summed E-state index contributed by atoms with van der Waals surface area (Å²) in [5.74, 6) is -0.545. The van der Waals surface area contributed by atoms with Crippen LogP contribution in [0.4, 0.5) is 0 Å². The number of methoxy groups -OCH3 is 1. The first-order valence-electron chi connectivity index (χ1n) is 7.65. The summed E-state index contributed by atoms with van der Waals surface area (Å²) in [7, 11) is 1.69. The van der Waals surface area contributed by atoms with Gasteiger partial charge in [-0.3, -0.25) is 0 Å². The van der Waals surface area contributed by atoms with Crippen LogP contribution in [0.3, 0.4) is 0 Å². The average molecular weight is 288 g/mol. The first kappa shape index (κ1) is 16.2. The molecule has 2 aliphatic rings. The second-order valence-electron chi connectivity index (χ2n) is 6.85. The molecule has 0 amide bonds. The van der Waals surface area contributed by atoms with Crippen LogP contribution < -0.4 is 0 Å². The highest BCUT2D eigenvalue weighted by atomic mass is 16.8. The van der Waals surface area contributed by atoms with E-state index < -0.39 is 5.79 Å². The second-order valence-corrected chi connectivity index (χ2v) is 6.85. The minimum atomic E-state index is -0.545. The molecule has 2 N–H and O–H groups in total. The van der Waals surface area contributed by atoms with E-state index in [9.17, 15) is 0 Å². The van der Waals surface area contributed by atoms with Crippen LogP contribution in [0.1, 0.15) is 53.4 Å². The molecular formula is C15H30NO4+. The summed E-state index contributed by atoms with van der Waals surface area (Å²) in [6.45, 7) is 9.68. The third-order valence-electron chi connectivity index (χ3n) is 4.96. The molecule has 0 aromatic carbocycles. The lowest BCUT2D eigenvalue weighted by atomic mass is 9.73. The molecule has 2 rings (SSSR count). The molecule has 0 aromatic heterocycles. The molecule has 2 fully saturated rings. The van der Waals surface area contributed by atoms with Crippen molar-refractivity contribution in [3.8, 4) is 0 Å². The van der Waals surface area contributed by atoms with E-state index in [1.165, 1.54) is 0 Å². The highest BCUT2D eigenvalue weighted by molar-refractivity contribution is 5.05. The zero-order valence-corrected chi connectivity index (χ0v) is 13.5. The average Bonchev–Trinajstić information content (AvgIpc) is 2.77. The van der Waals surface area contributed by atoms with Gasteiger partial charge >= 0.3 is 0 Å². The van der Waals surface area contributed by atoms with Gasteiger partial charge < -0.3 is 19.4 Å². The minimum Gasteiger partial charge on any atom is -0.382 e. The highest BCUT2D eigenvalue weighted by Gasteiger charge is 2.61. The summed E-state index contributed by atoms with van der Waals surface area (Å²) in [5.41, 5.74) is -0.435. The number of hydroxylamine groups is 2. The van der Waals surface area contributed by atoms with Crippen LogP contribution in [-0.2, 0) is 14.2 Å². The second kappa shape index (κ2) is 5.54. The van der Waals surface area contributed by atoms with Crippen molar-refractivity contribution in [3.05, 3.63) is 0 Å². The molecule has 2 unspecified atom stereocenters. The van der Waals surface area contributed by atoms with Gasteiger partial charge in [-0.15, -0.1) is 0 Å². The van der Waals surface area contributed by atoms with Gasteiger partial charge in [0.2, 0.25) is 0 Å². The van der Waals surface area contributed by atoms with Gasteiger partial charge in [-0.2, -0.15) is 0 Å². The minimum absolute atomic E-state index is 0.0134. The van der Waals surface area contributed by atoms with Crippen molar-refractivity contribution in [1.82, 2.24) is 5.06 Å². The maximum atomic E-state index is 8.56. The summed E-state index contributed by atoms with van der Waals surface area (Å²) in [6, 6.07) is 0. The Hall–Kier alpha value is -0.200. The van der Waals surface area contributed by atoms with Gasteiger partial charge in [0.1, 0.15) is 6.10 Å². The van der Waals surface area contributed by atoms with E-state index in [0.717, 1.165) is 25.7 Å². The first-order chi connectivity index (χ1) is 9.33. The number of nitrogens with zero attached hydrogens (tertiary/aromatic N) is 1.